The van der Waals surface area contributed by atoms with Crippen molar-refractivity contribution in [3.63, 3.8) is 0 Å². The third-order valence-electron chi connectivity index (χ3n) is 4.97. The smallest absolute Gasteiger partial charge is 0.253 e. The first-order valence-electron chi connectivity index (χ1n) is 9.34. The average molecular weight is 434 g/mol. The highest BCUT2D eigenvalue weighted by Gasteiger charge is 2.17. The molecule has 1 saturated heterocycles. The fourth-order valence-corrected chi connectivity index (χ4v) is 3.89. The molecular formula is C19H24BrN5O2. The van der Waals surface area contributed by atoms with Crippen LogP contribution < -0.4 is 10.6 Å². The van der Waals surface area contributed by atoms with Gasteiger partial charge in [-0.3, -0.25) is 14.7 Å². The van der Waals surface area contributed by atoms with Gasteiger partial charge in [0.15, 0.2) is 0 Å². The summed E-state index contributed by atoms with van der Waals surface area (Å²) < 4.78 is 8.45. The Morgan fingerprint density at radius 2 is 2.19 bits per heavy atom. The van der Waals surface area contributed by atoms with E-state index in [2.05, 4.69) is 47.1 Å². The van der Waals surface area contributed by atoms with E-state index in [0.717, 1.165) is 67.1 Å². The number of aliphatic imine (C=N–C) groups is 1. The maximum Gasteiger partial charge on any atom is 0.253 e. The van der Waals surface area contributed by atoms with Crippen LogP contribution in [0.25, 0.3) is 10.9 Å². The van der Waals surface area contributed by atoms with Gasteiger partial charge in [0.1, 0.15) is 5.84 Å². The van der Waals surface area contributed by atoms with E-state index < -0.39 is 0 Å². The molecule has 7 nitrogen and oxygen atoms in total. The number of nitrogens with one attached hydrogen (secondary N) is 2. The molecule has 2 N–H and O–H groups in total. The molecule has 1 aromatic carbocycles. The van der Waals surface area contributed by atoms with Crippen molar-refractivity contribution in [1.82, 2.24) is 20.1 Å². The molecule has 1 aromatic heterocycles. The number of hydrogen-bond donors (Lipinski definition) is 2. The number of fused-ring (bicyclic) bond motifs is 1. The number of carbonyl (C=O) groups is 1. The Morgan fingerprint density at radius 1 is 1.33 bits per heavy atom. The molecule has 1 fully saturated rings. The van der Waals surface area contributed by atoms with Crippen LogP contribution >= 0.6 is 15.9 Å². The van der Waals surface area contributed by atoms with E-state index >= 15 is 0 Å². The van der Waals surface area contributed by atoms with Crippen molar-refractivity contribution in [2.75, 3.05) is 52.5 Å². The van der Waals surface area contributed by atoms with Crippen LogP contribution in [0.2, 0.25) is 0 Å². The van der Waals surface area contributed by atoms with Crippen molar-refractivity contribution in [2.45, 2.75) is 6.54 Å². The van der Waals surface area contributed by atoms with Crippen LogP contribution in [-0.2, 0) is 11.3 Å². The summed E-state index contributed by atoms with van der Waals surface area (Å²) in [6.07, 6.45) is 1.93. The van der Waals surface area contributed by atoms with Gasteiger partial charge in [-0.1, -0.05) is 22.0 Å². The fourth-order valence-electron chi connectivity index (χ4n) is 3.54. The zero-order valence-electron chi connectivity index (χ0n) is 15.2. The lowest BCUT2D eigenvalue weighted by molar-refractivity contribution is 0.0383. The number of morpholine rings is 1. The Kier molecular flexibility index (Phi) is 5.75. The van der Waals surface area contributed by atoms with Gasteiger partial charge in [-0.2, -0.15) is 0 Å². The van der Waals surface area contributed by atoms with E-state index in [1.165, 1.54) is 0 Å². The molecule has 2 aliphatic heterocycles. The Morgan fingerprint density at radius 3 is 2.96 bits per heavy atom. The van der Waals surface area contributed by atoms with Crippen molar-refractivity contribution in [1.29, 1.82) is 0 Å². The second kappa shape index (κ2) is 8.41. The summed E-state index contributed by atoms with van der Waals surface area (Å²) in [4.78, 5) is 19.6. The number of benzene rings is 1. The molecule has 2 aliphatic rings. The summed E-state index contributed by atoms with van der Waals surface area (Å²) in [5.74, 6) is 0.932. The Balaban J connectivity index is 1.49. The second-order valence-electron chi connectivity index (χ2n) is 6.80. The van der Waals surface area contributed by atoms with Crippen LogP contribution in [0.5, 0.6) is 0 Å². The van der Waals surface area contributed by atoms with Crippen LogP contribution in [0, 0.1) is 0 Å². The van der Waals surface area contributed by atoms with E-state index in [-0.39, 0.29) is 5.91 Å². The highest BCUT2D eigenvalue weighted by Crippen LogP contribution is 2.25. The molecule has 1 amide bonds. The quantitative estimate of drug-likeness (QED) is 0.723. The number of amidine groups is 1. The molecule has 144 valence electrons. The molecule has 4 rings (SSSR count). The van der Waals surface area contributed by atoms with Crippen molar-refractivity contribution in [3.05, 3.63) is 34.4 Å². The first kappa shape index (κ1) is 18.5. The molecular weight excluding hydrogens is 410 g/mol. The molecule has 0 bridgehead atoms. The number of rotatable bonds is 6. The van der Waals surface area contributed by atoms with Crippen molar-refractivity contribution >= 4 is 38.6 Å². The zero-order chi connectivity index (χ0) is 18.6. The summed E-state index contributed by atoms with van der Waals surface area (Å²) >= 11 is 3.54. The van der Waals surface area contributed by atoms with Crippen LogP contribution in [0.3, 0.4) is 0 Å². The fraction of sp³-hybridized carbons (Fsp3) is 0.474. The molecule has 0 aliphatic carbocycles. The molecule has 27 heavy (non-hydrogen) atoms. The van der Waals surface area contributed by atoms with Crippen molar-refractivity contribution in [3.8, 4) is 0 Å². The van der Waals surface area contributed by atoms with Gasteiger partial charge in [0.2, 0.25) is 0 Å². The minimum Gasteiger partial charge on any atom is -0.379 e. The average Bonchev–Trinajstić information content (AvgIpc) is 3.31. The van der Waals surface area contributed by atoms with Gasteiger partial charge in [-0.15, -0.1) is 0 Å². The van der Waals surface area contributed by atoms with E-state index in [4.69, 9.17) is 4.74 Å². The lowest BCUT2D eigenvalue weighted by Crippen LogP contribution is -2.41. The van der Waals surface area contributed by atoms with Gasteiger partial charge >= 0.3 is 0 Å². The largest absolute Gasteiger partial charge is 0.379 e. The predicted molar refractivity (Wildman–Crippen MR) is 110 cm³/mol. The summed E-state index contributed by atoms with van der Waals surface area (Å²) in [5, 5.41) is 7.32. The maximum atomic E-state index is 12.8. The van der Waals surface area contributed by atoms with Gasteiger partial charge in [0.05, 0.1) is 37.4 Å². The van der Waals surface area contributed by atoms with Gasteiger partial charge < -0.3 is 19.9 Å². The number of ether oxygens (including phenoxy) is 1. The van der Waals surface area contributed by atoms with Crippen LogP contribution in [0.1, 0.15) is 10.4 Å². The van der Waals surface area contributed by atoms with Gasteiger partial charge in [-0.05, 0) is 12.1 Å². The third-order valence-corrected chi connectivity index (χ3v) is 5.46. The van der Waals surface area contributed by atoms with Gasteiger partial charge in [-0.25, -0.2) is 0 Å². The monoisotopic (exact) mass is 433 g/mol. The second-order valence-corrected chi connectivity index (χ2v) is 7.71. The number of hydrogen-bond acceptors (Lipinski definition) is 5. The molecule has 2 aromatic rings. The molecule has 3 heterocycles. The lowest BCUT2D eigenvalue weighted by atomic mass is 10.1. The standard InChI is InChI=1S/C19H24BrN5O2/c20-14-1-2-15-16(19(26)23-5-6-24-7-9-27-10-8-24)12-25(17(15)11-14)13-18-21-3-4-22-18/h1-2,11-12H,3-10,13H2,(H,21,22)(H,23,26). The van der Waals surface area contributed by atoms with Crippen molar-refractivity contribution < 1.29 is 9.53 Å². The van der Waals surface area contributed by atoms with Crippen LogP contribution in [-0.4, -0.2) is 73.7 Å². The molecule has 8 heteroatoms. The highest BCUT2D eigenvalue weighted by atomic mass is 79.9. The number of amides is 1. The normalized spacial score (nSPS) is 17.7. The molecule has 0 spiro atoms. The first-order valence-corrected chi connectivity index (χ1v) is 10.1. The number of aromatic nitrogens is 1. The summed E-state index contributed by atoms with van der Waals surface area (Å²) in [5.41, 5.74) is 1.73. The third kappa shape index (κ3) is 4.34. The first-order chi connectivity index (χ1) is 13.2. The van der Waals surface area contributed by atoms with E-state index in [1.807, 2.05) is 18.3 Å². The highest BCUT2D eigenvalue weighted by molar-refractivity contribution is 9.10. The van der Waals surface area contributed by atoms with Crippen LogP contribution in [0.4, 0.5) is 0 Å². The molecule has 0 radical (unpaired) electrons. The summed E-state index contributed by atoms with van der Waals surface area (Å²) in [6, 6.07) is 6.02. The predicted octanol–water partition coefficient (Wildman–Crippen LogP) is 1.47. The minimum absolute atomic E-state index is 0.0318. The minimum atomic E-state index is -0.0318. The summed E-state index contributed by atoms with van der Waals surface area (Å²) in [6.45, 7) is 7.23. The molecule has 0 unspecified atom stereocenters. The Labute approximate surface area is 166 Å². The van der Waals surface area contributed by atoms with E-state index in [9.17, 15) is 4.79 Å². The maximum absolute atomic E-state index is 12.8. The Bertz CT molecular complexity index is 857. The van der Waals surface area contributed by atoms with Crippen molar-refractivity contribution in [2.24, 2.45) is 4.99 Å². The lowest BCUT2D eigenvalue weighted by Gasteiger charge is -2.26. The number of halogens is 1. The van der Waals surface area contributed by atoms with E-state index in [0.29, 0.717) is 18.7 Å². The SMILES string of the molecule is O=C(NCCN1CCOCC1)c1cn(CC2=NCCN2)c2cc(Br)ccc12. The van der Waals surface area contributed by atoms with E-state index in [1.54, 1.807) is 0 Å². The molecule has 0 atom stereocenters. The molecule has 0 saturated carbocycles. The van der Waals surface area contributed by atoms with Gasteiger partial charge in [0.25, 0.3) is 5.91 Å². The number of carbonyl (C=O) groups excluding carboxylic acids is 1. The summed E-state index contributed by atoms with van der Waals surface area (Å²) in [7, 11) is 0. The number of nitrogens with zero attached hydrogens (tertiary/aromatic N) is 3. The zero-order valence-corrected chi connectivity index (χ0v) is 16.8. The Hall–Kier alpha value is -1.90. The topological polar surface area (TPSA) is 70.9 Å². The van der Waals surface area contributed by atoms with Crippen LogP contribution in [0.15, 0.2) is 33.9 Å². The van der Waals surface area contributed by atoms with Gasteiger partial charge in [0, 0.05) is 48.8 Å².